The van der Waals surface area contributed by atoms with Gasteiger partial charge >= 0.3 is 7.54 Å². The fourth-order valence-corrected chi connectivity index (χ4v) is 2.18. The molecular formula is C8H16BF4NO. The van der Waals surface area contributed by atoms with E-state index in [0.29, 0.717) is 0 Å². The normalized spacial score (nSPS) is 22.6. The Morgan fingerprint density at radius 2 is 1.40 bits per heavy atom. The third-order valence-corrected chi connectivity index (χ3v) is 2.80. The Morgan fingerprint density at radius 3 is 1.80 bits per heavy atom. The van der Waals surface area contributed by atoms with Crippen LogP contribution < -0.4 is 4.70 Å². The van der Waals surface area contributed by atoms with Crippen LogP contribution in [0.4, 0.5) is 12.9 Å². The topological polar surface area (TPSA) is 9.23 Å². The Morgan fingerprint density at radius 1 is 0.933 bits per heavy atom. The Labute approximate surface area is 87.6 Å². The van der Waals surface area contributed by atoms with Crippen LogP contribution in [0.25, 0.3) is 0 Å². The van der Waals surface area contributed by atoms with Gasteiger partial charge in [-0.1, -0.05) is 0 Å². The molecule has 2 aliphatic rings. The van der Waals surface area contributed by atoms with Crippen molar-refractivity contribution in [2.24, 2.45) is 0 Å². The van der Waals surface area contributed by atoms with Crippen LogP contribution in [0.2, 0.25) is 0 Å². The molecule has 0 aliphatic carbocycles. The van der Waals surface area contributed by atoms with Crippen LogP contribution in [0, 0.1) is 0 Å². The minimum atomic E-state index is -3.67. The number of halogens is 4. The van der Waals surface area contributed by atoms with Gasteiger partial charge in [0, 0.05) is 19.3 Å². The van der Waals surface area contributed by atoms with Gasteiger partial charge in [-0.2, -0.15) is 0 Å². The van der Waals surface area contributed by atoms with Gasteiger partial charge in [-0.15, -0.1) is 0 Å². The minimum Gasteiger partial charge on any atom is -1.00 e. The van der Waals surface area contributed by atoms with Crippen molar-refractivity contribution in [2.45, 2.75) is 19.3 Å². The van der Waals surface area contributed by atoms with Gasteiger partial charge in [0.15, 0.2) is 6.73 Å². The van der Waals surface area contributed by atoms with Crippen LogP contribution in [0.3, 0.4) is 0 Å². The van der Waals surface area contributed by atoms with Crippen LogP contribution >= 0.6 is 0 Å². The number of hydrogen-bond acceptors (Lipinski definition) is 1. The highest BCUT2D eigenvalue weighted by Crippen LogP contribution is 2.22. The molecule has 0 radical (unpaired) electrons. The molecule has 2 saturated heterocycles. The SMILES string of the molecule is C1CC[N+]2(C1)CCCOC2.FB(F)F.[F-]. The maximum absolute atomic E-state index is 9.67. The van der Waals surface area contributed by atoms with Crippen LogP contribution in [0.15, 0.2) is 0 Å². The fourth-order valence-electron chi connectivity index (χ4n) is 2.18. The average molecular weight is 229 g/mol. The number of quaternary nitrogens is 1. The predicted molar refractivity (Wildman–Crippen MR) is 48.6 cm³/mol. The van der Waals surface area contributed by atoms with Gasteiger partial charge in [-0.25, -0.2) is 0 Å². The van der Waals surface area contributed by atoms with Crippen molar-refractivity contribution in [2.75, 3.05) is 33.0 Å². The van der Waals surface area contributed by atoms with Crippen LogP contribution in [-0.2, 0) is 4.74 Å². The Kier molecular flexibility index (Phi) is 6.92. The van der Waals surface area contributed by atoms with Gasteiger partial charge in [0.25, 0.3) is 0 Å². The van der Waals surface area contributed by atoms with Gasteiger partial charge in [-0.05, 0) is 0 Å². The summed E-state index contributed by atoms with van der Waals surface area (Å²) in [5.74, 6) is 0. The lowest BCUT2D eigenvalue weighted by atomic mass is 10.3. The molecule has 0 atom stereocenters. The highest BCUT2D eigenvalue weighted by Gasteiger charge is 2.33. The Hall–Kier alpha value is -0.295. The van der Waals surface area contributed by atoms with Crippen LogP contribution in [0.1, 0.15) is 19.3 Å². The maximum atomic E-state index is 9.67. The molecule has 0 aromatic carbocycles. The number of ether oxygens (including phenoxy) is 1. The van der Waals surface area contributed by atoms with Crippen molar-refractivity contribution >= 4 is 7.54 Å². The van der Waals surface area contributed by atoms with Crippen LogP contribution in [-0.4, -0.2) is 45.0 Å². The molecule has 0 bridgehead atoms. The Balaban J connectivity index is 0.000000346. The van der Waals surface area contributed by atoms with Crippen molar-refractivity contribution in [1.29, 1.82) is 0 Å². The van der Waals surface area contributed by atoms with Gasteiger partial charge in [0.05, 0.1) is 26.2 Å². The second-order valence-corrected chi connectivity index (χ2v) is 3.86. The summed E-state index contributed by atoms with van der Waals surface area (Å²) in [5, 5.41) is 0. The van der Waals surface area contributed by atoms with Crippen molar-refractivity contribution < 1.29 is 26.9 Å². The van der Waals surface area contributed by atoms with Crippen LogP contribution in [0.5, 0.6) is 0 Å². The van der Waals surface area contributed by atoms with Gasteiger partial charge in [0.1, 0.15) is 0 Å². The lowest BCUT2D eigenvalue weighted by Gasteiger charge is -2.36. The zero-order valence-corrected chi connectivity index (χ0v) is 8.60. The molecule has 0 saturated carbocycles. The first-order valence-corrected chi connectivity index (χ1v) is 5.00. The van der Waals surface area contributed by atoms with E-state index in [-0.39, 0.29) is 4.70 Å². The van der Waals surface area contributed by atoms with E-state index in [1.807, 2.05) is 0 Å². The van der Waals surface area contributed by atoms with E-state index in [4.69, 9.17) is 4.74 Å². The Bertz CT molecular complexity index is 156. The molecule has 2 aliphatic heterocycles. The van der Waals surface area contributed by atoms with E-state index in [1.54, 1.807) is 0 Å². The third-order valence-electron chi connectivity index (χ3n) is 2.80. The molecular weight excluding hydrogens is 213 g/mol. The van der Waals surface area contributed by atoms with Crippen molar-refractivity contribution in [3.05, 3.63) is 0 Å². The molecule has 7 heteroatoms. The lowest BCUT2D eigenvalue weighted by Crippen LogP contribution is -3.00. The van der Waals surface area contributed by atoms with E-state index < -0.39 is 7.54 Å². The molecule has 15 heavy (non-hydrogen) atoms. The molecule has 2 rings (SSSR count). The van der Waals surface area contributed by atoms with Gasteiger partial charge in [-0.3, -0.25) is 12.9 Å². The summed E-state index contributed by atoms with van der Waals surface area (Å²) in [7, 11) is -3.67. The molecule has 2 nitrogen and oxygen atoms in total. The van der Waals surface area contributed by atoms with E-state index in [9.17, 15) is 12.9 Å². The second kappa shape index (κ2) is 7.06. The van der Waals surface area contributed by atoms with E-state index in [1.165, 1.54) is 43.4 Å². The monoisotopic (exact) mass is 229 g/mol. The zero-order chi connectivity index (χ0) is 10.4. The molecule has 1 spiro atoms. The zero-order valence-electron chi connectivity index (χ0n) is 8.60. The highest BCUT2D eigenvalue weighted by atomic mass is 19.4. The highest BCUT2D eigenvalue weighted by molar-refractivity contribution is 6.33. The van der Waals surface area contributed by atoms with Gasteiger partial charge < -0.3 is 13.9 Å². The molecule has 2 fully saturated rings. The summed E-state index contributed by atoms with van der Waals surface area (Å²) in [6.07, 6.45) is 4.12. The molecule has 2 heterocycles. The molecule has 0 unspecified atom stereocenters. The third kappa shape index (κ3) is 5.37. The summed E-state index contributed by atoms with van der Waals surface area (Å²) < 4.78 is 35.8. The smallest absolute Gasteiger partial charge is 0.762 e. The predicted octanol–water partition coefficient (Wildman–Crippen LogP) is -1.14. The average Bonchev–Trinajstić information content (AvgIpc) is 2.54. The maximum Gasteiger partial charge on any atom is 0.762 e. The summed E-state index contributed by atoms with van der Waals surface area (Å²) in [6.45, 7) is 6.12. The lowest BCUT2D eigenvalue weighted by molar-refractivity contribution is -0.941. The first-order valence-electron chi connectivity index (χ1n) is 5.00. The number of hydrogen-bond donors (Lipinski definition) is 0. The van der Waals surface area contributed by atoms with Crippen molar-refractivity contribution in [1.82, 2.24) is 0 Å². The summed E-state index contributed by atoms with van der Waals surface area (Å²) in [5.41, 5.74) is 0. The fraction of sp³-hybridized carbons (Fsp3) is 1.00. The van der Waals surface area contributed by atoms with Gasteiger partial charge in [0.2, 0.25) is 0 Å². The first kappa shape index (κ1) is 14.7. The summed E-state index contributed by atoms with van der Waals surface area (Å²) >= 11 is 0. The standard InChI is InChI=1S/C8H16NO.BF3.FH/c1-2-5-9(4-1)6-3-7-10-8-9;2-1(3)4;/h1-8H2;;1H/q+1;;/p-1. The number of nitrogens with zero attached hydrogens (tertiary/aromatic N) is 1. The van der Waals surface area contributed by atoms with E-state index in [2.05, 4.69) is 0 Å². The second-order valence-electron chi connectivity index (χ2n) is 3.86. The van der Waals surface area contributed by atoms with Crippen molar-refractivity contribution in [3.8, 4) is 0 Å². The summed E-state index contributed by atoms with van der Waals surface area (Å²) in [6, 6.07) is 0. The molecule has 0 amide bonds. The summed E-state index contributed by atoms with van der Waals surface area (Å²) in [4.78, 5) is 0. The minimum absolute atomic E-state index is 0. The molecule has 90 valence electrons. The quantitative estimate of drug-likeness (QED) is 0.290. The van der Waals surface area contributed by atoms with E-state index in [0.717, 1.165) is 13.3 Å². The van der Waals surface area contributed by atoms with E-state index >= 15 is 0 Å². The first-order chi connectivity index (χ1) is 6.65. The number of rotatable bonds is 0. The molecule has 0 aromatic heterocycles. The molecule has 0 N–H and O–H groups in total. The molecule has 0 aromatic rings. The largest absolute Gasteiger partial charge is 1.00 e. The van der Waals surface area contributed by atoms with Crippen molar-refractivity contribution in [3.63, 3.8) is 0 Å².